The minimum atomic E-state index is -0.407. The molecule has 5 nitrogen and oxygen atoms in total. The zero-order valence-corrected chi connectivity index (χ0v) is 11.7. The van der Waals surface area contributed by atoms with Crippen LogP contribution in [0.25, 0.3) is 0 Å². The predicted molar refractivity (Wildman–Crippen MR) is 76.3 cm³/mol. The van der Waals surface area contributed by atoms with Gasteiger partial charge in [0.15, 0.2) is 5.84 Å². The van der Waals surface area contributed by atoms with Gasteiger partial charge in [0.1, 0.15) is 5.82 Å². The van der Waals surface area contributed by atoms with Crippen LogP contribution in [0.15, 0.2) is 23.4 Å². The standard InChI is InChI=1S/C14H22FN3O2/c1-20-8-4-2-3-7-17-10-11-5-6-12(15)9-13(11)14(16)18-19/h5-6,9,17,19H,2-4,7-8,10H2,1H3,(H2,16,18). The van der Waals surface area contributed by atoms with Crippen molar-refractivity contribution in [3.63, 3.8) is 0 Å². The van der Waals surface area contributed by atoms with E-state index >= 15 is 0 Å². The fourth-order valence-electron chi connectivity index (χ4n) is 1.89. The number of halogens is 1. The Morgan fingerprint density at radius 2 is 2.20 bits per heavy atom. The Morgan fingerprint density at radius 3 is 2.90 bits per heavy atom. The van der Waals surface area contributed by atoms with Crippen molar-refractivity contribution in [2.75, 3.05) is 20.3 Å². The van der Waals surface area contributed by atoms with Crippen LogP contribution in [0.5, 0.6) is 0 Å². The van der Waals surface area contributed by atoms with Crippen LogP contribution in [-0.2, 0) is 11.3 Å². The summed E-state index contributed by atoms with van der Waals surface area (Å²) in [5, 5.41) is 14.9. The van der Waals surface area contributed by atoms with Crippen molar-refractivity contribution in [2.24, 2.45) is 10.9 Å². The van der Waals surface area contributed by atoms with Crippen LogP contribution < -0.4 is 11.1 Å². The van der Waals surface area contributed by atoms with E-state index in [1.54, 1.807) is 13.2 Å². The lowest BCUT2D eigenvalue weighted by Gasteiger charge is -2.10. The highest BCUT2D eigenvalue weighted by molar-refractivity contribution is 5.98. The third-order valence-electron chi connectivity index (χ3n) is 2.97. The molecule has 0 atom stereocenters. The number of hydrogen-bond acceptors (Lipinski definition) is 4. The molecule has 0 aromatic heterocycles. The van der Waals surface area contributed by atoms with E-state index in [9.17, 15) is 4.39 Å². The first-order valence-electron chi connectivity index (χ1n) is 6.65. The molecular weight excluding hydrogens is 261 g/mol. The first kappa shape index (κ1) is 16.4. The molecule has 0 saturated carbocycles. The fourth-order valence-corrected chi connectivity index (χ4v) is 1.89. The number of nitrogens with one attached hydrogen (secondary N) is 1. The predicted octanol–water partition coefficient (Wildman–Crippen LogP) is 1.83. The molecule has 0 heterocycles. The molecule has 4 N–H and O–H groups in total. The van der Waals surface area contributed by atoms with Crippen molar-refractivity contribution < 1.29 is 14.3 Å². The van der Waals surface area contributed by atoms with Crippen LogP contribution in [0.2, 0.25) is 0 Å². The van der Waals surface area contributed by atoms with Gasteiger partial charge in [0.25, 0.3) is 0 Å². The maximum atomic E-state index is 13.2. The molecule has 0 radical (unpaired) electrons. The van der Waals surface area contributed by atoms with Crippen molar-refractivity contribution in [3.8, 4) is 0 Å². The molecule has 1 aromatic carbocycles. The van der Waals surface area contributed by atoms with Gasteiger partial charge in [-0.05, 0) is 43.5 Å². The molecule has 20 heavy (non-hydrogen) atoms. The lowest BCUT2D eigenvalue weighted by Crippen LogP contribution is -2.21. The van der Waals surface area contributed by atoms with Crippen LogP contribution in [-0.4, -0.2) is 31.3 Å². The summed E-state index contributed by atoms with van der Waals surface area (Å²) in [7, 11) is 1.70. The van der Waals surface area contributed by atoms with Gasteiger partial charge in [-0.3, -0.25) is 0 Å². The topological polar surface area (TPSA) is 79.9 Å². The molecule has 0 aliphatic carbocycles. The summed E-state index contributed by atoms with van der Waals surface area (Å²) >= 11 is 0. The van der Waals surface area contributed by atoms with Crippen molar-refractivity contribution in [2.45, 2.75) is 25.8 Å². The second-order valence-corrected chi connectivity index (χ2v) is 4.52. The highest BCUT2D eigenvalue weighted by atomic mass is 19.1. The largest absolute Gasteiger partial charge is 0.409 e. The SMILES string of the molecule is COCCCCCNCc1ccc(F)cc1/C(N)=N/O. The molecule has 0 unspecified atom stereocenters. The molecule has 0 fully saturated rings. The summed E-state index contributed by atoms with van der Waals surface area (Å²) in [5.74, 6) is -0.490. The third-order valence-corrected chi connectivity index (χ3v) is 2.97. The van der Waals surface area contributed by atoms with Crippen molar-refractivity contribution in [1.29, 1.82) is 0 Å². The number of amidine groups is 1. The quantitative estimate of drug-likeness (QED) is 0.212. The number of oxime groups is 1. The number of rotatable bonds is 9. The molecule has 0 aliphatic heterocycles. The van der Waals surface area contributed by atoms with E-state index < -0.39 is 5.82 Å². The maximum absolute atomic E-state index is 13.2. The van der Waals surface area contributed by atoms with Crippen molar-refractivity contribution in [3.05, 3.63) is 35.1 Å². The molecule has 0 aliphatic rings. The number of benzene rings is 1. The Bertz CT molecular complexity index is 438. The average molecular weight is 283 g/mol. The molecule has 0 spiro atoms. The summed E-state index contributed by atoms with van der Waals surface area (Å²) in [5.41, 5.74) is 6.76. The van der Waals surface area contributed by atoms with E-state index in [1.165, 1.54) is 12.1 Å². The third kappa shape index (κ3) is 5.54. The maximum Gasteiger partial charge on any atom is 0.170 e. The van der Waals surface area contributed by atoms with E-state index in [-0.39, 0.29) is 5.84 Å². The number of methoxy groups -OCH3 is 1. The molecular formula is C14H22FN3O2. The smallest absolute Gasteiger partial charge is 0.170 e. The number of unbranched alkanes of at least 4 members (excludes halogenated alkanes) is 2. The molecule has 0 bridgehead atoms. The summed E-state index contributed by atoms with van der Waals surface area (Å²) in [4.78, 5) is 0. The first-order chi connectivity index (χ1) is 9.69. The monoisotopic (exact) mass is 283 g/mol. The lowest BCUT2D eigenvalue weighted by atomic mass is 10.1. The van der Waals surface area contributed by atoms with Crippen LogP contribution in [0.1, 0.15) is 30.4 Å². The van der Waals surface area contributed by atoms with E-state index in [0.717, 1.165) is 38.0 Å². The Hall–Kier alpha value is -1.66. The number of nitrogens with two attached hydrogens (primary N) is 1. The van der Waals surface area contributed by atoms with Gasteiger partial charge < -0.3 is 21.0 Å². The summed E-state index contributed by atoms with van der Waals surface area (Å²) in [6.07, 6.45) is 3.19. The van der Waals surface area contributed by atoms with Gasteiger partial charge >= 0.3 is 0 Å². The highest BCUT2D eigenvalue weighted by Crippen LogP contribution is 2.11. The van der Waals surface area contributed by atoms with E-state index in [0.29, 0.717) is 12.1 Å². The second kappa shape index (κ2) is 9.28. The van der Waals surface area contributed by atoms with Gasteiger partial charge in [-0.1, -0.05) is 11.2 Å². The summed E-state index contributed by atoms with van der Waals surface area (Å²) in [6.45, 7) is 2.19. The van der Waals surface area contributed by atoms with Gasteiger partial charge in [0.05, 0.1) is 0 Å². The van der Waals surface area contributed by atoms with Gasteiger partial charge in [-0.15, -0.1) is 0 Å². The second-order valence-electron chi connectivity index (χ2n) is 4.52. The van der Waals surface area contributed by atoms with Gasteiger partial charge in [0, 0.05) is 25.8 Å². The highest BCUT2D eigenvalue weighted by Gasteiger charge is 2.08. The Kier molecular flexibility index (Phi) is 7.60. The minimum absolute atomic E-state index is 0.0820. The van der Waals surface area contributed by atoms with E-state index in [2.05, 4.69) is 10.5 Å². The number of ether oxygens (including phenoxy) is 1. The Balaban J connectivity index is 2.43. The minimum Gasteiger partial charge on any atom is -0.409 e. The zero-order chi connectivity index (χ0) is 14.8. The van der Waals surface area contributed by atoms with Gasteiger partial charge in [-0.25, -0.2) is 4.39 Å². The summed E-state index contributed by atoms with van der Waals surface area (Å²) < 4.78 is 18.2. The molecule has 0 amide bonds. The molecule has 0 saturated heterocycles. The van der Waals surface area contributed by atoms with Gasteiger partial charge in [-0.2, -0.15) is 0 Å². The van der Waals surface area contributed by atoms with E-state index in [4.69, 9.17) is 15.7 Å². The van der Waals surface area contributed by atoms with Crippen LogP contribution in [0.3, 0.4) is 0 Å². The number of hydrogen-bond donors (Lipinski definition) is 3. The molecule has 112 valence electrons. The fraction of sp³-hybridized carbons (Fsp3) is 0.500. The first-order valence-corrected chi connectivity index (χ1v) is 6.65. The Morgan fingerprint density at radius 1 is 1.40 bits per heavy atom. The Labute approximate surface area is 118 Å². The van der Waals surface area contributed by atoms with Crippen LogP contribution in [0.4, 0.5) is 4.39 Å². The van der Waals surface area contributed by atoms with Crippen molar-refractivity contribution in [1.82, 2.24) is 5.32 Å². The summed E-state index contributed by atoms with van der Waals surface area (Å²) in [6, 6.07) is 4.27. The van der Waals surface area contributed by atoms with E-state index in [1.807, 2.05) is 0 Å². The lowest BCUT2D eigenvalue weighted by molar-refractivity contribution is 0.192. The van der Waals surface area contributed by atoms with Crippen molar-refractivity contribution >= 4 is 5.84 Å². The molecule has 1 aromatic rings. The average Bonchev–Trinajstić information content (AvgIpc) is 2.46. The number of nitrogens with zero attached hydrogens (tertiary/aromatic N) is 1. The zero-order valence-electron chi connectivity index (χ0n) is 11.7. The van der Waals surface area contributed by atoms with Crippen LogP contribution in [0, 0.1) is 5.82 Å². The normalized spacial score (nSPS) is 11.8. The molecule has 6 heteroatoms. The van der Waals surface area contributed by atoms with Crippen LogP contribution >= 0.6 is 0 Å². The molecule has 1 rings (SSSR count). The van der Waals surface area contributed by atoms with Gasteiger partial charge in [0.2, 0.25) is 0 Å².